The molecule has 4 aliphatic carbocycles. The first-order valence-electron chi connectivity index (χ1n) is 13.2. The minimum absolute atomic E-state index is 0.0368. The third kappa shape index (κ3) is 3.84. The van der Waals surface area contributed by atoms with Crippen molar-refractivity contribution in [3.05, 3.63) is 57.1 Å². The lowest BCUT2D eigenvalue weighted by Crippen LogP contribution is -2.63. The summed E-state index contributed by atoms with van der Waals surface area (Å²) >= 11 is 0. The molecule has 40 heavy (non-hydrogen) atoms. The summed E-state index contributed by atoms with van der Waals surface area (Å²) in [6.07, 6.45) is 5.10. The van der Waals surface area contributed by atoms with E-state index in [1.807, 2.05) is 25.1 Å². The molecule has 1 amide bonds. The molecule has 0 heterocycles. The summed E-state index contributed by atoms with van der Waals surface area (Å²) in [5.74, 6) is -0.697. The third-order valence-corrected chi connectivity index (χ3v) is 8.58. The van der Waals surface area contributed by atoms with Crippen LogP contribution in [0.4, 0.5) is 5.69 Å². The Hall–Kier alpha value is -4.07. The first-order valence-corrected chi connectivity index (χ1v) is 13.2. The fourth-order valence-electron chi connectivity index (χ4n) is 6.73. The van der Waals surface area contributed by atoms with E-state index in [9.17, 15) is 34.8 Å². The van der Waals surface area contributed by atoms with Crippen LogP contribution in [0.3, 0.4) is 0 Å². The van der Waals surface area contributed by atoms with Gasteiger partial charge in [-0.15, -0.1) is 0 Å². The smallest absolute Gasteiger partial charge is 0.255 e. The highest BCUT2D eigenvalue weighted by Crippen LogP contribution is 2.53. The number of anilines is 1. The summed E-state index contributed by atoms with van der Waals surface area (Å²) in [4.78, 5) is 43.0. The van der Waals surface area contributed by atoms with Crippen molar-refractivity contribution in [2.45, 2.75) is 43.7 Å². The molecule has 0 unspecified atom stereocenters. The maximum Gasteiger partial charge on any atom is 0.255 e. The predicted octanol–water partition coefficient (Wildman–Crippen LogP) is 1.65. The van der Waals surface area contributed by atoms with Gasteiger partial charge in [-0.05, 0) is 69.3 Å². The Morgan fingerprint density at radius 1 is 1.12 bits per heavy atom. The average molecular weight is 548 g/mol. The predicted molar refractivity (Wildman–Crippen MR) is 147 cm³/mol. The Labute approximate surface area is 232 Å². The summed E-state index contributed by atoms with van der Waals surface area (Å²) in [6.45, 7) is 0. The van der Waals surface area contributed by atoms with Crippen molar-refractivity contribution in [2.75, 3.05) is 33.1 Å². The maximum absolute atomic E-state index is 14.0. The molecule has 0 aromatic heterocycles. The summed E-state index contributed by atoms with van der Waals surface area (Å²) in [6, 6.07) is 0.702. The number of rotatable bonds is 3. The Morgan fingerprint density at radius 3 is 2.40 bits per heavy atom. The van der Waals surface area contributed by atoms with Crippen molar-refractivity contribution in [1.82, 2.24) is 4.90 Å². The Bertz CT molecular complexity index is 1520. The molecule has 0 saturated heterocycles. The van der Waals surface area contributed by atoms with Gasteiger partial charge in [0, 0.05) is 31.3 Å². The number of aliphatic hydroxyl groups excluding tert-OH is 2. The number of phenolic OH excluding ortho intramolecular Hbond substituents is 1. The number of hydrogen-bond acceptors (Lipinski definition) is 9. The van der Waals surface area contributed by atoms with Crippen molar-refractivity contribution in [2.24, 2.45) is 17.6 Å². The minimum atomic E-state index is -2.67. The summed E-state index contributed by atoms with van der Waals surface area (Å²) < 4.78 is 0. The van der Waals surface area contributed by atoms with Gasteiger partial charge in [0.05, 0.1) is 17.2 Å². The van der Waals surface area contributed by atoms with E-state index in [4.69, 9.17) is 5.73 Å². The second kappa shape index (κ2) is 9.54. The Morgan fingerprint density at radius 2 is 1.82 bits per heavy atom. The molecule has 10 nitrogen and oxygen atoms in total. The molecule has 0 fully saturated rings. The van der Waals surface area contributed by atoms with E-state index in [1.165, 1.54) is 4.90 Å². The lowest BCUT2D eigenvalue weighted by Gasteiger charge is -2.50. The van der Waals surface area contributed by atoms with Crippen molar-refractivity contribution in [3.8, 4) is 17.6 Å². The number of allylic oxidation sites excluding steroid dienone is 3. The molecule has 0 bridgehead atoms. The number of primary amides is 1. The normalized spacial score (nSPS) is 27.6. The van der Waals surface area contributed by atoms with Gasteiger partial charge in [0.2, 0.25) is 5.78 Å². The highest BCUT2D eigenvalue weighted by molar-refractivity contribution is 6.25. The molecule has 10 heteroatoms. The third-order valence-electron chi connectivity index (χ3n) is 8.58. The highest BCUT2D eigenvalue weighted by atomic mass is 16.3. The molecule has 1 aromatic rings. The van der Waals surface area contributed by atoms with Gasteiger partial charge in [0.1, 0.15) is 22.8 Å². The number of amides is 1. The topological polar surface area (TPSA) is 165 Å². The fraction of sp³-hybridized carbons (Fsp3) is 0.433. The molecule has 0 radical (unpaired) electrons. The van der Waals surface area contributed by atoms with E-state index in [2.05, 4.69) is 11.8 Å². The number of hydrogen-bond donors (Lipinski definition) is 5. The summed E-state index contributed by atoms with van der Waals surface area (Å²) in [7, 11) is 6.82. The van der Waals surface area contributed by atoms with Crippen LogP contribution in [0.25, 0.3) is 0 Å². The fourth-order valence-corrected chi connectivity index (χ4v) is 6.73. The van der Waals surface area contributed by atoms with Gasteiger partial charge in [-0.2, -0.15) is 0 Å². The van der Waals surface area contributed by atoms with Crippen LogP contribution < -0.4 is 10.6 Å². The van der Waals surface area contributed by atoms with E-state index >= 15 is 0 Å². The van der Waals surface area contributed by atoms with Crippen molar-refractivity contribution >= 4 is 23.2 Å². The van der Waals surface area contributed by atoms with Gasteiger partial charge in [-0.25, -0.2) is 0 Å². The Kier molecular flexibility index (Phi) is 6.56. The molecule has 1 aromatic carbocycles. The number of ketones is 2. The average Bonchev–Trinajstić information content (AvgIpc) is 3.39. The molecule has 5 rings (SSSR count). The van der Waals surface area contributed by atoms with E-state index < -0.39 is 58.0 Å². The van der Waals surface area contributed by atoms with Crippen molar-refractivity contribution < 1.29 is 34.8 Å². The van der Waals surface area contributed by atoms with Crippen LogP contribution in [0.1, 0.15) is 47.2 Å². The van der Waals surface area contributed by atoms with Crippen LogP contribution in [0.15, 0.2) is 40.4 Å². The van der Waals surface area contributed by atoms with E-state index in [0.717, 1.165) is 24.8 Å². The molecule has 4 atom stereocenters. The number of carbonyl (C=O) groups excluding carboxylic acids is 3. The van der Waals surface area contributed by atoms with E-state index in [0.29, 0.717) is 11.3 Å². The van der Waals surface area contributed by atoms with Crippen LogP contribution in [0, 0.1) is 23.7 Å². The largest absolute Gasteiger partial charge is 0.510 e. The van der Waals surface area contributed by atoms with Crippen molar-refractivity contribution in [1.29, 1.82) is 0 Å². The second-order valence-corrected chi connectivity index (χ2v) is 11.4. The molecule has 210 valence electrons. The van der Waals surface area contributed by atoms with Gasteiger partial charge in [0.15, 0.2) is 11.4 Å². The van der Waals surface area contributed by atoms with Gasteiger partial charge in [-0.1, -0.05) is 17.9 Å². The van der Waals surface area contributed by atoms with Gasteiger partial charge in [0.25, 0.3) is 5.91 Å². The Balaban J connectivity index is 1.71. The molecule has 0 saturated carbocycles. The number of likely N-dealkylation sites (N-methyl/N-ethyl adjacent to an activating group) is 1. The summed E-state index contributed by atoms with van der Waals surface area (Å²) in [5, 5.41) is 45.4. The molecular weight excluding hydrogens is 514 g/mol. The van der Waals surface area contributed by atoms with E-state index in [-0.39, 0.29) is 35.3 Å². The number of benzene rings is 1. The monoisotopic (exact) mass is 547 g/mol. The first kappa shape index (κ1) is 27.5. The van der Waals surface area contributed by atoms with E-state index in [1.54, 1.807) is 20.2 Å². The highest BCUT2D eigenvalue weighted by Gasteiger charge is 2.63. The maximum atomic E-state index is 14.0. The lowest BCUT2D eigenvalue weighted by molar-refractivity contribution is -0.148. The number of nitrogens with zero attached hydrogens (tertiary/aromatic N) is 2. The number of aromatic hydroxyl groups is 1. The number of fused-ring (bicyclic) bond motifs is 3. The van der Waals surface area contributed by atoms with Crippen molar-refractivity contribution in [3.63, 3.8) is 0 Å². The minimum Gasteiger partial charge on any atom is -0.510 e. The number of carbonyl (C=O) groups is 3. The lowest BCUT2D eigenvalue weighted by atomic mass is 9.58. The number of aliphatic hydroxyl groups is 3. The van der Waals surface area contributed by atoms with Crippen LogP contribution >= 0.6 is 0 Å². The first-order chi connectivity index (χ1) is 18.8. The van der Waals surface area contributed by atoms with Crippen LogP contribution in [-0.4, -0.2) is 82.6 Å². The van der Waals surface area contributed by atoms with Gasteiger partial charge in [-0.3, -0.25) is 19.3 Å². The quantitative estimate of drug-likeness (QED) is 0.279. The van der Waals surface area contributed by atoms with Gasteiger partial charge >= 0.3 is 0 Å². The zero-order chi connectivity index (χ0) is 29.3. The number of phenols is 1. The van der Waals surface area contributed by atoms with Gasteiger partial charge < -0.3 is 31.1 Å². The number of nitrogens with two attached hydrogens (primary N) is 1. The summed E-state index contributed by atoms with van der Waals surface area (Å²) in [5.41, 5.74) is 4.10. The van der Waals surface area contributed by atoms with Crippen LogP contribution in [-0.2, 0) is 16.0 Å². The zero-order valence-corrected chi connectivity index (χ0v) is 22.9. The molecule has 6 N–H and O–H groups in total. The van der Waals surface area contributed by atoms with Crippen LogP contribution in [0.5, 0.6) is 5.75 Å². The number of Topliss-reactive ketones (excluding diaryl/α,β-unsaturated/α-hetero) is 2. The zero-order valence-electron chi connectivity index (χ0n) is 22.9. The molecule has 0 aliphatic heterocycles. The standard InChI is InChI=1S/C30H33N3O7/c1-32(2)19-13-15(10-9-14-7-5-6-8-14)24(34)21-17(19)11-16-12-18-23(33(3)4)26(36)22(29(31)39)28(38)30(18,40)27(37)20(16)25(21)35/h7,13,16,18,23,34,36-37,40H,5-6,8,11-12H2,1-4H3,(H2,31,39)/t16-,18-,23-,30-/m0/s1. The molecular formula is C30H33N3O7. The SMILES string of the molecule is CN(C)c1cc(C#CC2=CCCC2)c(O)c2c1C[C@H]1C[C@H]3[C@H](N(C)C)C(O)=C(C(N)=O)C(=O)[C@@]3(O)C(O)=C1C2=O. The molecule has 4 aliphatic rings. The van der Waals surface area contributed by atoms with Crippen LogP contribution in [0.2, 0.25) is 0 Å². The second-order valence-electron chi connectivity index (χ2n) is 11.4. The molecule has 0 spiro atoms.